The van der Waals surface area contributed by atoms with Gasteiger partial charge in [-0.25, -0.2) is 9.50 Å². The van der Waals surface area contributed by atoms with Gasteiger partial charge in [-0.1, -0.05) is 12.1 Å². The predicted molar refractivity (Wildman–Crippen MR) is 152 cm³/mol. The van der Waals surface area contributed by atoms with E-state index < -0.39 is 0 Å². The van der Waals surface area contributed by atoms with Crippen molar-refractivity contribution in [1.82, 2.24) is 29.7 Å². The Morgan fingerprint density at radius 1 is 1.18 bits per heavy atom. The molecular weight excluding hydrogens is 508 g/mol. The average Bonchev–Trinajstić information content (AvgIpc) is 3.57. The third kappa shape index (κ3) is 5.53. The molecule has 1 N–H and O–H groups in total. The summed E-state index contributed by atoms with van der Waals surface area (Å²) in [4.78, 5) is 8.59. The van der Waals surface area contributed by atoms with E-state index in [-0.39, 0.29) is 5.41 Å². The molecule has 0 saturated carbocycles. The van der Waals surface area contributed by atoms with Crippen LogP contribution in [0.1, 0.15) is 36.2 Å². The molecule has 6 rings (SSSR count). The lowest BCUT2D eigenvalue weighted by Gasteiger charge is -2.42. The largest absolute Gasteiger partial charge is 0.378 e. The molecule has 0 atom stereocenters. The average molecular weight is 543 g/mol. The Hall–Kier alpha value is -3.39. The molecule has 2 aliphatic rings. The Morgan fingerprint density at radius 2 is 2.00 bits per heavy atom. The van der Waals surface area contributed by atoms with Crippen molar-refractivity contribution < 1.29 is 4.74 Å². The molecule has 0 aliphatic carbocycles. The van der Waals surface area contributed by atoms with Crippen LogP contribution >= 0.6 is 11.8 Å². The van der Waals surface area contributed by atoms with Gasteiger partial charge < -0.3 is 15.0 Å². The topological polar surface area (TPSA) is 96.3 Å². The molecule has 0 radical (unpaired) electrons. The third-order valence-corrected chi connectivity index (χ3v) is 8.77. The number of nitrogens with one attached hydrogen (secondary N) is 1. The number of hydrogen-bond donors (Lipinski definition) is 1. The second kappa shape index (κ2) is 11.4. The maximum atomic E-state index is 9.67. The lowest BCUT2D eigenvalue weighted by atomic mass is 9.71. The normalized spacial score (nSPS) is 17.3. The summed E-state index contributed by atoms with van der Waals surface area (Å²) in [7, 11) is 0. The summed E-state index contributed by atoms with van der Waals surface area (Å²) in [5.74, 6) is 0.788. The maximum Gasteiger partial charge on any atom is 0.178 e. The lowest BCUT2D eigenvalue weighted by Crippen LogP contribution is -2.46. The summed E-state index contributed by atoms with van der Waals surface area (Å²) in [6.45, 7) is 5.05. The van der Waals surface area contributed by atoms with Gasteiger partial charge in [-0.05, 0) is 54.5 Å². The summed E-state index contributed by atoms with van der Waals surface area (Å²) < 4.78 is 9.07. The van der Waals surface area contributed by atoms with Gasteiger partial charge in [0.25, 0.3) is 0 Å². The monoisotopic (exact) mass is 542 g/mol. The van der Waals surface area contributed by atoms with Gasteiger partial charge in [0.05, 0.1) is 43.8 Å². The first-order valence-corrected chi connectivity index (χ1v) is 14.8. The number of ether oxygens (including phenoxy) is 1. The number of benzene rings is 1. The number of hydrogen-bond acceptors (Lipinski definition) is 8. The predicted octanol–water partition coefficient (Wildman–Crippen LogP) is 3.68. The molecule has 5 heterocycles. The molecule has 0 amide bonds. The highest BCUT2D eigenvalue weighted by Crippen LogP contribution is 2.40. The Balaban J connectivity index is 1.13. The summed E-state index contributed by atoms with van der Waals surface area (Å²) in [5.41, 5.74) is 4.25. The first-order valence-electron chi connectivity index (χ1n) is 13.6. The lowest BCUT2D eigenvalue weighted by molar-refractivity contribution is -0.00523. The molecule has 2 fully saturated rings. The van der Waals surface area contributed by atoms with Crippen molar-refractivity contribution in [3.05, 3.63) is 71.9 Å². The summed E-state index contributed by atoms with van der Waals surface area (Å²) in [6.07, 6.45) is 11.1. The standard InChI is InChI=1S/C29H34N8OS/c1-39-25-6-4-23(5-7-25)29(8-11-30)9-14-35(15-10-29)26-3-2-13-37-28(26)33-27(34-37)17-22-18-32-36(19-22)16-12-31-24-20-38-21-24/h2-7,13,18-19,24,31H,8-10,12,14-17,20-21H2,1H3. The van der Waals surface area contributed by atoms with E-state index in [9.17, 15) is 5.26 Å². The fourth-order valence-electron chi connectivity index (χ4n) is 5.64. The smallest absolute Gasteiger partial charge is 0.178 e. The van der Waals surface area contributed by atoms with Gasteiger partial charge in [-0.2, -0.15) is 15.5 Å². The zero-order chi connectivity index (χ0) is 26.7. The van der Waals surface area contributed by atoms with E-state index in [0.717, 1.165) is 75.0 Å². The van der Waals surface area contributed by atoms with Crippen LogP contribution in [0.5, 0.6) is 0 Å². The van der Waals surface area contributed by atoms with Gasteiger partial charge in [0.1, 0.15) is 0 Å². The first kappa shape index (κ1) is 25.9. The summed E-state index contributed by atoms with van der Waals surface area (Å²) in [5, 5.41) is 22.4. The highest BCUT2D eigenvalue weighted by Gasteiger charge is 2.36. The van der Waals surface area contributed by atoms with Crippen molar-refractivity contribution in [2.75, 3.05) is 44.0 Å². The molecule has 39 heavy (non-hydrogen) atoms. The molecule has 4 aromatic rings. The summed E-state index contributed by atoms with van der Waals surface area (Å²) in [6, 6.07) is 15.9. The fourth-order valence-corrected chi connectivity index (χ4v) is 6.04. The molecule has 2 saturated heterocycles. The second-order valence-electron chi connectivity index (χ2n) is 10.5. The maximum absolute atomic E-state index is 9.67. The van der Waals surface area contributed by atoms with E-state index >= 15 is 0 Å². The van der Waals surface area contributed by atoms with Gasteiger partial charge in [0.2, 0.25) is 0 Å². The quantitative estimate of drug-likeness (QED) is 0.303. The molecule has 3 aromatic heterocycles. The van der Waals surface area contributed by atoms with Gasteiger partial charge in [0.15, 0.2) is 11.5 Å². The zero-order valence-electron chi connectivity index (χ0n) is 22.3. The van der Waals surface area contributed by atoms with Crippen LogP contribution in [-0.2, 0) is 23.1 Å². The number of fused-ring (bicyclic) bond motifs is 1. The molecule has 10 heteroatoms. The van der Waals surface area contributed by atoms with Gasteiger partial charge in [-0.3, -0.25) is 4.68 Å². The Bertz CT molecular complexity index is 1440. The molecule has 1 aromatic carbocycles. The van der Waals surface area contributed by atoms with Crippen LogP contribution in [-0.4, -0.2) is 69.5 Å². The minimum atomic E-state index is -0.104. The molecule has 9 nitrogen and oxygen atoms in total. The number of rotatable bonds is 10. The highest BCUT2D eigenvalue weighted by atomic mass is 32.2. The number of pyridine rings is 1. The Kier molecular flexibility index (Phi) is 7.55. The highest BCUT2D eigenvalue weighted by molar-refractivity contribution is 7.98. The van der Waals surface area contributed by atoms with Crippen molar-refractivity contribution in [3.8, 4) is 6.07 Å². The van der Waals surface area contributed by atoms with Crippen LogP contribution in [0.25, 0.3) is 5.65 Å². The van der Waals surface area contributed by atoms with Crippen molar-refractivity contribution in [1.29, 1.82) is 5.26 Å². The number of nitrogens with zero attached hydrogens (tertiary/aromatic N) is 7. The number of nitriles is 1. The van der Waals surface area contributed by atoms with Crippen molar-refractivity contribution in [2.45, 2.75) is 48.6 Å². The number of anilines is 1. The second-order valence-corrected chi connectivity index (χ2v) is 11.4. The van der Waals surface area contributed by atoms with Gasteiger partial charge in [0, 0.05) is 55.2 Å². The first-order chi connectivity index (χ1) is 19.2. The minimum absolute atomic E-state index is 0.104. The van der Waals surface area contributed by atoms with Crippen LogP contribution in [0, 0.1) is 11.3 Å². The van der Waals surface area contributed by atoms with Gasteiger partial charge >= 0.3 is 0 Å². The van der Waals surface area contributed by atoms with E-state index in [4.69, 9.17) is 14.8 Å². The Labute approximate surface area is 233 Å². The van der Waals surface area contributed by atoms with Crippen molar-refractivity contribution in [3.63, 3.8) is 0 Å². The van der Waals surface area contributed by atoms with E-state index in [0.29, 0.717) is 18.9 Å². The van der Waals surface area contributed by atoms with Crippen LogP contribution < -0.4 is 10.2 Å². The van der Waals surface area contributed by atoms with E-state index in [1.807, 2.05) is 27.7 Å². The van der Waals surface area contributed by atoms with Crippen LogP contribution in [0.15, 0.2) is 59.9 Å². The molecule has 2 aliphatic heterocycles. The van der Waals surface area contributed by atoms with Crippen molar-refractivity contribution >= 4 is 23.1 Å². The zero-order valence-corrected chi connectivity index (χ0v) is 23.1. The number of piperidine rings is 1. The van der Waals surface area contributed by atoms with E-state index in [1.54, 1.807) is 11.8 Å². The molecular formula is C29H34N8OS. The third-order valence-electron chi connectivity index (χ3n) is 8.03. The van der Waals surface area contributed by atoms with E-state index in [2.05, 4.69) is 64.2 Å². The SMILES string of the molecule is CSc1ccc(C2(CC#N)CCN(c3cccn4nc(Cc5cnn(CCNC6COC6)c5)nc34)CC2)cc1. The molecule has 202 valence electrons. The molecule has 0 bridgehead atoms. The van der Waals surface area contributed by atoms with Crippen LogP contribution in [0.4, 0.5) is 5.69 Å². The van der Waals surface area contributed by atoms with E-state index in [1.165, 1.54) is 10.5 Å². The number of thioether (sulfide) groups is 1. The summed E-state index contributed by atoms with van der Waals surface area (Å²) >= 11 is 1.75. The molecule has 0 spiro atoms. The fraction of sp³-hybridized carbons (Fsp3) is 0.448. The molecule has 0 unspecified atom stereocenters. The van der Waals surface area contributed by atoms with Gasteiger partial charge in [-0.15, -0.1) is 11.8 Å². The van der Waals surface area contributed by atoms with Crippen molar-refractivity contribution in [2.24, 2.45) is 0 Å². The minimum Gasteiger partial charge on any atom is -0.378 e. The van der Waals surface area contributed by atoms with Crippen LogP contribution in [0.3, 0.4) is 0 Å². The van der Waals surface area contributed by atoms with Crippen LogP contribution in [0.2, 0.25) is 0 Å². The number of aromatic nitrogens is 5. The Morgan fingerprint density at radius 3 is 2.72 bits per heavy atom.